The Kier molecular flexibility index (Phi) is 2.79. The van der Waals surface area contributed by atoms with Crippen LogP contribution < -0.4 is 0 Å². The van der Waals surface area contributed by atoms with Crippen molar-refractivity contribution in [2.45, 2.75) is 13.1 Å². The molecule has 16 heavy (non-hydrogen) atoms. The van der Waals surface area contributed by atoms with Gasteiger partial charge in [-0.25, -0.2) is 4.68 Å². The molecule has 0 amide bonds. The van der Waals surface area contributed by atoms with Gasteiger partial charge >= 0.3 is 0 Å². The molecular formula is C9H9N7. The van der Waals surface area contributed by atoms with Gasteiger partial charge in [0.1, 0.15) is 6.17 Å². The Bertz CT molecular complexity index is 512. The van der Waals surface area contributed by atoms with Crippen molar-refractivity contribution in [3.63, 3.8) is 0 Å². The van der Waals surface area contributed by atoms with Crippen LogP contribution in [0.2, 0.25) is 0 Å². The third kappa shape index (κ3) is 1.84. The third-order valence-corrected chi connectivity index (χ3v) is 2.10. The van der Waals surface area contributed by atoms with Crippen LogP contribution in [0.4, 0.5) is 0 Å². The first kappa shape index (κ1) is 10.1. The van der Waals surface area contributed by atoms with Crippen LogP contribution in [0.3, 0.4) is 0 Å². The summed E-state index contributed by atoms with van der Waals surface area (Å²) in [6.07, 6.45) is -0.449. The molecule has 2 rings (SSSR count). The lowest BCUT2D eigenvalue weighted by Gasteiger charge is -2.06. The Hall–Kier alpha value is -2.40. The number of aromatic nitrogens is 4. The number of hydrogen-bond acceptors (Lipinski definition) is 4. The largest absolute Gasteiger partial charge is 0.217 e. The Balaban J connectivity index is 2.44. The van der Waals surface area contributed by atoms with Gasteiger partial charge in [-0.3, -0.25) is 0 Å². The fourth-order valence-corrected chi connectivity index (χ4v) is 1.35. The lowest BCUT2D eigenvalue weighted by atomic mass is 10.2. The Morgan fingerprint density at radius 2 is 2.12 bits per heavy atom. The minimum Gasteiger partial charge on any atom is -0.217 e. The molecule has 0 saturated carbocycles. The van der Waals surface area contributed by atoms with E-state index in [0.717, 1.165) is 5.56 Å². The van der Waals surface area contributed by atoms with Gasteiger partial charge in [-0.05, 0) is 22.9 Å². The van der Waals surface area contributed by atoms with E-state index in [9.17, 15) is 0 Å². The topological polar surface area (TPSA) is 92.4 Å². The van der Waals surface area contributed by atoms with Crippen LogP contribution in [0.1, 0.15) is 13.1 Å². The summed E-state index contributed by atoms with van der Waals surface area (Å²) in [6, 6.07) is 9.49. The number of rotatable bonds is 3. The van der Waals surface area contributed by atoms with Crippen molar-refractivity contribution in [2.75, 3.05) is 0 Å². The smallest absolute Gasteiger partial charge is 0.182 e. The van der Waals surface area contributed by atoms with Crippen molar-refractivity contribution in [2.24, 2.45) is 5.11 Å². The highest BCUT2D eigenvalue weighted by atomic mass is 15.6. The quantitative estimate of drug-likeness (QED) is 0.446. The predicted molar refractivity (Wildman–Crippen MR) is 57.1 cm³/mol. The molecule has 0 N–H and O–H groups in total. The molecule has 1 atom stereocenters. The number of azide groups is 1. The molecule has 0 aliphatic heterocycles. The average molecular weight is 215 g/mol. The van der Waals surface area contributed by atoms with E-state index >= 15 is 0 Å². The highest BCUT2D eigenvalue weighted by Crippen LogP contribution is 2.18. The van der Waals surface area contributed by atoms with Gasteiger partial charge in [0.15, 0.2) is 5.82 Å². The first-order valence-corrected chi connectivity index (χ1v) is 4.70. The fourth-order valence-electron chi connectivity index (χ4n) is 1.35. The maximum atomic E-state index is 8.37. The van der Waals surface area contributed by atoms with Crippen LogP contribution in [0.5, 0.6) is 0 Å². The summed E-state index contributed by atoms with van der Waals surface area (Å²) in [7, 11) is 0. The van der Waals surface area contributed by atoms with Crippen LogP contribution in [0, 0.1) is 0 Å². The molecule has 0 aliphatic carbocycles. The third-order valence-electron chi connectivity index (χ3n) is 2.10. The van der Waals surface area contributed by atoms with E-state index in [1.165, 1.54) is 4.68 Å². The van der Waals surface area contributed by atoms with Gasteiger partial charge < -0.3 is 0 Å². The molecule has 80 valence electrons. The van der Waals surface area contributed by atoms with Crippen LogP contribution >= 0.6 is 0 Å². The molecule has 0 radical (unpaired) electrons. The van der Waals surface area contributed by atoms with Crippen molar-refractivity contribution in [1.82, 2.24) is 20.2 Å². The maximum Gasteiger partial charge on any atom is 0.182 e. The molecule has 0 spiro atoms. The highest BCUT2D eigenvalue weighted by Gasteiger charge is 2.12. The molecule has 1 unspecified atom stereocenters. The second-order valence-electron chi connectivity index (χ2n) is 3.15. The molecule has 2 aromatic rings. The zero-order valence-electron chi connectivity index (χ0n) is 8.59. The Morgan fingerprint density at radius 1 is 1.38 bits per heavy atom. The molecule has 7 heteroatoms. The molecule has 0 aliphatic rings. The summed E-state index contributed by atoms with van der Waals surface area (Å²) in [4.78, 5) is 2.73. The summed E-state index contributed by atoms with van der Waals surface area (Å²) in [6.45, 7) is 1.72. The summed E-state index contributed by atoms with van der Waals surface area (Å²) >= 11 is 0. The minimum absolute atomic E-state index is 0.449. The van der Waals surface area contributed by atoms with Crippen LogP contribution in [-0.4, -0.2) is 20.2 Å². The van der Waals surface area contributed by atoms with Gasteiger partial charge in [0, 0.05) is 10.5 Å². The van der Waals surface area contributed by atoms with Gasteiger partial charge in [-0.2, -0.15) is 0 Å². The average Bonchev–Trinajstić information content (AvgIpc) is 2.79. The zero-order chi connectivity index (χ0) is 11.4. The van der Waals surface area contributed by atoms with Crippen LogP contribution in [0.15, 0.2) is 35.4 Å². The van der Waals surface area contributed by atoms with Crippen molar-refractivity contribution in [3.8, 4) is 11.4 Å². The van der Waals surface area contributed by atoms with Crippen molar-refractivity contribution < 1.29 is 0 Å². The Labute approximate surface area is 91.3 Å². The fraction of sp³-hybridized carbons (Fsp3) is 0.222. The van der Waals surface area contributed by atoms with E-state index in [1.807, 2.05) is 30.3 Å². The lowest BCUT2D eigenvalue weighted by Crippen LogP contribution is -2.06. The summed E-state index contributed by atoms with van der Waals surface area (Å²) in [5.74, 6) is 0.584. The number of hydrogen-bond donors (Lipinski definition) is 0. The van der Waals surface area contributed by atoms with Crippen LogP contribution in [-0.2, 0) is 0 Å². The van der Waals surface area contributed by atoms with E-state index in [4.69, 9.17) is 5.53 Å². The minimum atomic E-state index is -0.449. The number of nitrogens with zero attached hydrogens (tertiary/aromatic N) is 7. The zero-order valence-corrected chi connectivity index (χ0v) is 8.59. The molecule has 0 saturated heterocycles. The van der Waals surface area contributed by atoms with E-state index in [0.29, 0.717) is 5.82 Å². The van der Waals surface area contributed by atoms with Crippen molar-refractivity contribution in [1.29, 1.82) is 0 Å². The van der Waals surface area contributed by atoms with Gasteiger partial charge in [-0.15, -0.1) is 5.10 Å². The second-order valence-corrected chi connectivity index (χ2v) is 3.15. The Morgan fingerprint density at radius 3 is 2.81 bits per heavy atom. The lowest BCUT2D eigenvalue weighted by molar-refractivity contribution is 0.496. The highest BCUT2D eigenvalue weighted by molar-refractivity contribution is 5.53. The second kappa shape index (κ2) is 4.41. The monoisotopic (exact) mass is 215 g/mol. The number of benzene rings is 1. The summed E-state index contributed by atoms with van der Waals surface area (Å²) in [5, 5.41) is 14.8. The first-order valence-electron chi connectivity index (χ1n) is 4.70. The summed E-state index contributed by atoms with van der Waals surface area (Å²) in [5.41, 5.74) is 9.26. The van der Waals surface area contributed by atoms with E-state index in [2.05, 4.69) is 25.6 Å². The van der Waals surface area contributed by atoms with Gasteiger partial charge in [-0.1, -0.05) is 35.4 Å². The first-order chi connectivity index (χ1) is 7.83. The van der Waals surface area contributed by atoms with Crippen LogP contribution in [0.25, 0.3) is 21.8 Å². The van der Waals surface area contributed by atoms with Gasteiger partial charge in [0.05, 0.1) is 0 Å². The molecule has 0 fully saturated rings. The molecular weight excluding hydrogens is 206 g/mol. The molecule has 7 nitrogen and oxygen atoms in total. The molecule has 1 aromatic heterocycles. The number of tetrazole rings is 1. The molecule has 0 bridgehead atoms. The molecule has 1 aromatic carbocycles. The van der Waals surface area contributed by atoms with Crippen molar-refractivity contribution in [3.05, 3.63) is 40.8 Å². The SMILES string of the molecule is CC(N=[N+]=[N-])n1nnnc1-c1ccccc1. The van der Waals surface area contributed by atoms with Gasteiger partial charge in [0.25, 0.3) is 0 Å². The normalized spacial score (nSPS) is 11.8. The van der Waals surface area contributed by atoms with Crippen molar-refractivity contribution >= 4 is 0 Å². The maximum absolute atomic E-state index is 8.37. The summed E-state index contributed by atoms with van der Waals surface area (Å²) < 4.78 is 1.48. The predicted octanol–water partition coefficient (Wildman–Crippen LogP) is 2.17. The van der Waals surface area contributed by atoms with Gasteiger partial charge in [0.2, 0.25) is 0 Å². The molecule has 1 heterocycles. The van der Waals surface area contributed by atoms with E-state index in [-0.39, 0.29) is 0 Å². The standard InChI is InChI=1S/C9H9N7/c1-7(11-13-10)16-9(12-14-15-16)8-5-3-2-4-6-8/h2-7H,1H3. The van der Waals surface area contributed by atoms with E-state index in [1.54, 1.807) is 6.92 Å². The van der Waals surface area contributed by atoms with E-state index < -0.39 is 6.17 Å².